The Labute approximate surface area is 214 Å². The van der Waals surface area contributed by atoms with E-state index in [9.17, 15) is 9.18 Å². The number of thiocarbonyl (C=S) groups is 1. The summed E-state index contributed by atoms with van der Waals surface area (Å²) < 4.78 is 19.6. The molecule has 2 aromatic heterocycles. The van der Waals surface area contributed by atoms with Gasteiger partial charge in [0.1, 0.15) is 23.4 Å². The lowest BCUT2D eigenvalue weighted by Crippen LogP contribution is -2.32. The number of hydrogen-bond acceptors (Lipinski definition) is 4. The SMILES string of the molecule is Cc1ccccc1NC(=O)CCN1C(=S)N[C@@H](c2ccccn2)[C@@H]1c1ccc(-c2ccc(F)cc2)o1. The minimum atomic E-state index is -0.312. The molecule has 2 aromatic carbocycles. The quantitative estimate of drug-likeness (QED) is 0.313. The maximum absolute atomic E-state index is 13.4. The lowest BCUT2D eigenvalue weighted by atomic mass is 10.0. The molecule has 5 rings (SSSR count). The van der Waals surface area contributed by atoms with Crippen molar-refractivity contribution in [1.82, 2.24) is 15.2 Å². The fourth-order valence-electron chi connectivity index (χ4n) is 4.38. The summed E-state index contributed by atoms with van der Waals surface area (Å²) in [4.78, 5) is 19.3. The lowest BCUT2D eigenvalue weighted by Gasteiger charge is -2.26. The van der Waals surface area contributed by atoms with Gasteiger partial charge in [-0.2, -0.15) is 0 Å². The third kappa shape index (κ3) is 4.99. The summed E-state index contributed by atoms with van der Waals surface area (Å²) in [7, 11) is 0. The van der Waals surface area contributed by atoms with Crippen molar-refractivity contribution in [2.24, 2.45) is 0 Å². The van der Waals surface area contributed by atoms with E-state index in [2.05, 4.69) is 15.6 Å². The standard InChI is InChI=1S/C28H25FN4O2S/c1-18-6-2-3-7-21(18)31-25(34)15-17-33-27(26(32-28(33)36)22-8-4-5-16-30-22)24-14-13-23(35-24)19-9-11-20(29)12-10-19/h2-14,16,26-27H,15,17H2,1H3,(H,31,34)(H,32,36)/t26-,27-/m0/s1. The molecule has 0 spiro atoms. The number of hydrogen-bond donors (Lipinski definition) is 2. The van der Waals surface area contributed by atoms with Crippen LogP contribution in [0.1, 0.15) is 35.5 Å². The van der Waals surface area contributed by atoms with E-state index >= 15 is 0 Å². The molecule has 8 heteroatoms. The number of anilines is 1. The zero-order chi connectivity index (χ0) is 25.1. The Kier molecular flexibility index (Phi) is 6.77. The van der Waals surface area contributed by atoms with E-state index in [-0.39, 0.29) is 30.2 Å². The minimum Gasteiger partial charge on any atom is -0.459 e. The van der Waals surface area contributed by atoms with Crippen molar-refractivity contribution in [1.29, 1.82) is 0 Å². The van der Waals surface area contributed by atoms with Crippen LogP contribution in [0.4, 0.5) is 10.1 Å². The summed E-state index contributed by atoms with van der Waals surface area (Å²) in [5, 5.41) is 6.87. The van der Waals surface area contributed by atoms with Crippen LogP contribution in [0.5, 0.6) is 0 Å². The Bertz CT molecular complexity index is 1370. The number of para-hydroxylation sites is 1. The van der Waals surface area contributed by atoms with Crippen LogP contribution in [0.25, 0.3) is 11.3 Å². The molecular formula is C28H25FN4O2S. The molecule has 0 unspecified atom stereocenters. The molecule has 3 heterocycles. The van der Waals surface area contributed by atoms with Crippen molar-refractivity contribution in [3.05, 3.63) is 108 Å². The second-order valence-electron chi connectivity index (χ2n) is 8.64. The summed E-state index contributed by atoms with van der Waals surface area (Å²) >= 11 is 5.68. The van der Waals surface area contributed by atoms with Crippen molar-refractivity contribution in [2.45, 2.75) is 25.4 Å². The molecule has 1 saturated heterocycles. The van der Waals surface area contributed by atoms with Crippen LogP contribution in [0, 0.1) is 12.7 Å². The van der Waals surface area contributed by atoms with Gasteiger partial charge in [0.05, 0.1) is 11.7 Å². The molecule has 2 atom stereocenters. The largest absolute Gasteiger partial charge is 0.459 e. The molecule has 182 valence electrons. The van der Waals surface area contributed by atoms with Crippen LogP contribution < -0.4 is 10.6 Å². The molecule has 0 aliphatic carbocycles. The number of nitrogens with one attached hydrogen (secondary N) is 2. The zero-order valence-electron chi connectivity index (χ0n) is 19.6. The molecule has 1 aliphatic heterocycles. The van der Waals surface area contributed by atoms with Crippen molar-refractivity contribution in [3.8, 4) is 11.3 Å². The first-order chi connectivity index (χ1) is 17.5. The van der Waals surface area contributed by atoms with Gasteiger partial charge >= 0.3 is 0 Å². The van der Waals surface area contributed by atoms with Crippen molar-refractivity contribution < 1.29 is 13.6 Å². The Hall–Kier alpha value is -4.04. The number of furan rings is 1. The number of aryl methyl sites for hydroxylation is 1. The number of benzene rings is 2. The maximum Gasteiger partial charge on any atom is 0.226 e. The highest BCUT2D eigenvalue weighted by atomic mass is 32.1. The molecule has 2 N–H and O–H groups in total. The van der Waals surface area contributed by atoms with E-state index in [1.54, 1.807) is 18.3 Å². The van der Waals surface area contributed by atoms with Gasteiger partial charge in [0.25, 0.3) is 0 Å². The molecule has 1 aliphatic rings. The third-order valence-corrected chi connectivity index (χ3v) is 6.60. The van der Waals surface area contributed by atoms with Crippen LogP contribution in [0.2, 0.25) is 0 Å². The normalized spacial score (nSPS) is 17.2. The molecule has 6 nitrogen and oxygen atoms in total. The van der Waals surface area contributed by atoms with Gasteiger partial charge in [-0.25, -0.2) is 4.39 Å². The first-order valence-electron chi connectivity index (χ1n) is 11.7. The zero-order valence-corrected chi connectivity index (χ0v) is 20.5. The molecule has 36 heavy (non-hydrogen) atoms. The predicted octanol–water partition coefficient (Wildman–Crippen LogP) is 5.79. The first-order valence-corrected chi connectivity index (χ1v) is 12.1. The number of halogens is 1. The van der Waals surface area contributed by atoms with Crippen LogP contribution in [0.3, 0.4) is 0 Å². The molecule has 1 fully saturated rings. The van der Waals surface area contributed by atoms with Crippen LogP contribution in [-0.2, 0) is 4.79 Å². The Morgan fingerprint density at radius 3 is 2.61 bits per heavy atom. The highest BCUT2D eigenvalue weighted by molar-refractivity contribution is 7.80. The van der Waals surface area contributed by atoms with Crippen molar-refractivity contribution in [2.75, 3.05) is 11.9 Å². The minimum absolute atomic E-state index is 0.0985. The molecule has 0 radical (unpaired) electrons. The van der Waals surface area contributed by atoms with Crippen LogP contribution in [-0.4, -0.2) is 27.4 Å². The smallest absolute Gasteiger partial charge is 0.226 e. The van der Waals surface area contributed by atoms with Crippen LogP contribution >= 0.6 is 12.2 Å². The number of nitrogens with zero attached hydrogens (tertiary/aromatic N) is 2. The van der Waals surface area contributed by atoms with Gasteiger partial charge < -0.3 is 20.0 Å². The average molecular weight is 501 g/mol. The van der Waals surface area contributed by atoms with E-state index in [1.807, 2.05) is 66.4 Å². The van der Waals surface area contributed by atoms with E-state index in [1.165, 1.54) is 12.1 Å². The first kappa shape index (κ1) is 23.7. The number of amides is 1. The van der Waals surface area contributed by atoms with Gasteiger partial charge in [-0.05, 0) is 79.3 Å². The van der Waals surface area contributed by atoms with Gasteiger partial charge in [-0.3, -0.25) is 9.78 Å². The van der Waals surface area contributed by atoms with E-state index in [0.717, 1.165) is 22.5 Å². The molecule has 4 aromatic rings. The summed E-state index contributed by atoms with van der Waals surface area (Å²) in [6.07, 6.45) is 1.98. The topological polar surface area (TPSA) is 70.4 Å². The molecular weight excluding hydrogens is 475 g/mol. The molecule has 1 amide bonds. The number of carbonyl (C=O) groups excluding carboxylic acids is 1. The fourth-order valence-corrected chi connectivity index (χ4v) is 4.72. The highest BCUT2D eigenvalue weighted by Gasteiger charge is 2.41. The summed E-state index contributed by atoms with van der Waals surface area (Å²) in [6, 6.07) is 22.7. The van der Waals surface area contributed by atoms with Gasteiger partial charge in [0.2, 0.25) is 5.91 Å². The average Bonchev–Trinajstić information content (AvgIpc) is 3.50. The van der Waals surface area contributed by atoms with Crippen molar-refractivity contribution >= 4 is 28.9 Å². The second-order valence-corrected chi connectivity index (χ2v) is 9.03. The highest BCUT2D eigenvalue weighted by Crippen LogP contribution is 2.40. The number of aromatic nitrogens is 1. The monoisotopic (exact) mass is 500 g/mol. The van der Waals surface area contributed by atoms with Gasteiger partial charge in [0, 0.05) is 30.4 Å². The maximum atomic E-state index is 13.4. The second kappa shape index (κ2) is 10.3. The Balaban J connectivity index is 1.40. The molecule has 0 bridgehead atoms. The van der Waals surface area contributed by atoms with Crippen LogP contribution in [0.15, 0.2) is 89.5 Å². The van der Waals surface area contributed by atoms with Gasteiger partial charge in [-0.15, -0.1) is 0 Å². The number of rotatable bonds is 7. The Morgan fingerprint density at radius 1 is 1.08 bits per heavy atom. The third-order valence-electron chi connectivity index (χ3n) is 6.24. The van der Waals surface area contributed by atoms with Crippen molar-refractivity contribution in [3.63, 3.8) is 0 Å². The number of carbonyl (C=O) groups is 1. The summed E-state index contributed by atoms with van der Waals surface area (Å²) in [5.74, 6) is 0.899. The fraction of sp³-hybridized carbons (Fsp3) is 0.179. The van der Waals surface area contributed by atoms with E-state index < -0.39 is 0 Å². The molecule has 0 saturated carbocycles. The summed E-state index contributed by atoms with van der Waals surface area (Å²) in [5.41, 5.74) is 3.38. The summed E-state index contributed by atoms with van der Waals surface area (Å²) in [6.45, 7) is 2.35. The van der Waals surface area contributed by atoms with E-state index in [0.29, 0.717) is 23.2 Å². The number of pyridine rings is 1. The van der Waals surface area contributed by atoms with E-state index in [4.69, 9.17) is 16.6 Å². The van der Waals surface area contributed by atoms with Gasteiger partial charge in [-0.1, -0.05) is 24.3 Å². The lowest BCUT2D eigenvalue weighted by molar-refractivity contribution is -0.116. The Morgan fingerprint density at radius 2 is 1.86 bits per heavy atom. The predicted molar refractivity (Wildman–Crippen MR) is 141 cm³/mol. The van der Waals surface area contributed by atoms with Gasteiger partial charge in [0.15, 0.2) is 5.11 Å².